The van der Waals surface area contributed by atoms with Crippen molar-refractivity contribution in [2.45, 2.75) is 51.4 Å². The molecule has 0 aliphatic rings. The Morgan fingerprint density at radius 1 is 0.838 bits per heavy atom. The molecule has 0 amide bonds. The molecule has 0 fully saturated rings. The van der Waals surface area contributed by atoms with Gasteiger partial charge in [-0.05, 0) is 35.2 Å². The Balaban J connectivity index is 2.11. The molecule has 0 aliphatic carbocycles. The van der Waals surface area contributed by atoms with Gasteiger partial charge in [0.25, 0.3) is 0 Å². The SMILES string of the molecule is C[SiH](C)OC(C(=O)O)C(c1ncnn1C(c1ccccc1)(c1ccccc1)c1ccccc1)C(C)(C)C. The number of carboxylic acid groups (broad SMARTS) is 1. The minimum Gasteiger partial charge on any atom is -0.479 e. The summed E-state index contributed by atoms with van der Waals surface area (Å²) in [4.78, 5) is 17.4. The van der Waals surface area contributed by atoms with E-state index in [-0.39, 0.29) is 0 Å². The lowest BCUT2D eigenvalue weighted by atomic mass is 9.74. The van der Waals surface area contributed by atoms with Gasteiger partial charge in [-0.3, -0.25) is 0 Å². The molecule has 2 atom stereocenters. The van der Waals surface area contributed by atoms with Crippen molar-refractivity contribution in [3.8, 4) is 0 Å². The molecule has 3 aromatic carbocycles. The van der Waals surface area contributed by atoms with Crippen LogP contribution in [0.2, 0.25) is 13.1 Å². The van der Waals surface area contributed by atoms with E-state index < -0.39 is 38.0 Å². The summed E-state index contributed by atoms with van der Waals surface area (Å²) in [7, 11) is -1.69. The van der Waals surface area contributed by atoms with Crippen molar-refractivity contribution in [2.24, 2.45) is 5.41 Å². The van der Waals surface area contributed by atoms with Crippen LogP contribution in [-0.2, 0) is 14.8 Å². The summed E-state index contributed by atoms with van der Waals surface area (Å²) in [6, 6.07) is 30.6. The summed E-state index contributed by atoms with van der Waals surface area (Å²) in [6.07, 6.45) is 0.484. The van der Waals surface area contributed by atoms with Crippen molar-refractivity contribution in [1.29, 1.82) is 0 Å². The molecule has 0 spiro atoms. The van der Waals surface area contributed by atoms with E-state index in [0.717, 1.165) is 16.7 Å². The summed E-state index contributed by atoms with van der Waals surface area (Å²) >= 11 is 0. The van der Waals surface area contributed by atoms with Crippen LogP contribution in [0.25, 0.3) is 0 Å². The van der Waals surface area contributed by atoms with Crippen LogP contribution >= 0.6 is 0 Å². The molecular formula is C30H35N3O3Si. The highest BCUT2D eigenvalue weighted by Crippen LogP contribution is 2.45. The molecule has 0 saturated heterocycles. The van der Waals surface area contributed by atoms with Gasteiger partial charge in [0.1, 0.15) is 17.7 Å². The Kier molecular flexibility index (Phi) is 7.75. The highest BCUT2D eigenvalue weighted by Gasteiger charge is 2.47. The van der Waals surface area contributed by atoms with Crippen molar-refractivity contribution in [3.05, 3.63) is 120 Å². The molecule has 6 nitrogen and oxygen atoms in total. The van der Waals surface area contributed by atoms with Crippen LogP contribution in [0.1, 0.15) is 49.2 Å². The third-order valence-corrected chi connectivity index (χ3v) is 7.48. The number of carboxylic acids is 1. The molecule has 4 aromatic rings. The Hall–Kier alpha value is -3.55. The monoisotopic (exact) mass is 513 g/mol. The predicted octanol–water partition coefficient (Wildman–Crippen LogP) is 5.70. The molecule has 0 radical (unpaired) electrons. The second-order valence-electron chi connectivity index (χ2n) is 10.6. The minimum atomic E-state index is -1.69. The highest BCUT2D eigenvalue weighted by atomic mass is 28.3. The van der Waals surface area contributed by atoms with Gasteiger partial charge in [-0.2, -0.15) is 5.10 Å². The molecule has 1 N–H and O–H groups in total. The standard InChI is InChI=1S/C30H35N3O3Si/c1-29(2,3)25(26(28(34)35)36-37(4)5)27-31-21-32-33(27)30(22-15-9-6-10-16-22,23-17-11-7-12-18-23)24-19-13-8-14-20-24/h6-21,25-26,37H,1-5H3,(H,34,35). The average Bonchev–Trinajstić information content (AvgIpc) is 3.34. The van der Waals surface area contributed by atoms with Gasteiger partial charge in [-0.15, -0.1) is 0 Å². The van der Waals surface area contributed by atoms with Crippen LogP contribution in [-0.4, -0.2) is 41.0 Å². The Bertz CT molecular complexity index is 1210. The zero-order valence-electron chi connectivity index (χ0n) is 22.1. The minimum absolute atomic E-state index is 0.479. The lowest BCUT2D eigenvalue weighted by Gasteiger charge is -2.41. The third kappa shape index (κ3) is 5.15. The molecule has 4 rings (SSSR count). The molecule has 1 aromatic heterocycles. The molecule has 1 heterocycles. The molecule has 0 aliphatic heterocycles. The number of carbonyl (C=O) groups is 1. The van der Waals surface area contributed by atoms with Crippen LogP contribution in [0, 0.1) is 5.41 Å². The van der Waals surface area contributed by atoms with E-state index in [1.54, 1.807) is 0 Å². The first-order valence-corrected chi connectivity index (χ1v) is 15.4. The van der Waals surface area contributed by atoms with Crippen molar-refractivity contribution in [1.82, 2.24) is 14.8 Å². The van der Waals surface area contributed by atoms with E-state index in [2.05, 4.69) is 36.4 Å². The number of benzene rings is 3. The molecule has 7 heteroatoms. The van der Waals surface area contributed by atoms with Crippen molar-refractivity contribution in [2.75, 3.05) is 0 Å². The maximum atomic E-state index is 12.6. The first kappa shape index (κ1) is 26.5. The maximum Gasteiger partial charge on any atom is 0.332 e. The van der Waals surface area contributed by atoms with Crippen LogP contribution in [0.4, 0.5) is 0 Å². The topological polar surface area (TPSA) is 77.2 Å². The number of aliphatic carboxylic acids is 1. The average molecular weight is 514 g/mol. The first-order valence-electron chi connectivity index (χ1n) is 12.6. The quantitative estimate of drug-likeness (QED) is 0.229. The van der Waals surface area contributed by atoms with Gasteiger partial charge in [0.05, 0.1) is 5.92 Å². The maximum absolute atomic E-state index is 12.6. The zero-order chi connectivity index (χ0) is 26.6. The second-order valence-corrected chi connectivity index (χ2v) is 13.0. The number of hydrogen-bond acceptors (Lipinski definition) is 4. The number of rotatable bonds is 9. The summed E-state index contributed by atoms with van der Waals surface area (Å²) < 4.78 is 8.09. The number of hydrogen-bond donors (Lipinski definition) is 1. The second kappa shape index (κ2) is 10.8. The van der Waals surface area contributed by atoms with Crippen LogP contribution in [0.5, 0.6) is 0 Å². The fourth-order valence-electron chi connectivity index (χ4n) is 5.18. The van der Waals surface area contributed by atoms with E-state index in [9.17, 15) is 9.90 Å². The molecule has 37 heavy (non-hydrogen) atoms. The molecule has 0 bridgehead atoms. The fraction of sp³-hybridized carbons (Fsp3) is 0.300. The Labute approximate surface area is 220 Å². The van der Waals surface area contributed by atoms with E-state index in [0.29, 0.717) is 5.82 Å². The van der Waals surface area contributed by atoms with Gasteiger partial charge in [0, 0.05) is 0 Å². The van der Waals surface area contributed by atoms with Crippen molar-refractivity contribution >= 4 is 15.0 Å². The van der Waals surface area contributed by atoms with E-state index >= 15 is 0 Å². The van der Waals surface area contributed by atoms with Gasteiger partial charge in [-0.25, -0.2) is 14.5 Å². The van der Waals surface area contributed by atoms with Crippen LogP contribution in [0.15, 0.2) is 97.3 Å². The van der Waals surface area contributed by atoms with Crippen molar-refractivity contribution in [3.63, 3.8) is 0 Å². The molecule has 192 valence electrons. The fourth-order valence-corrected chi connectivity index (χ4v) is 6.04. The predicted molar refractivity (Wildman–Crippen MR) is 148 cm³/mol. The zero-order valence-corrected chi connectivity index (χ0v) is 23.2. The molecular weight excluding hydrogens is 478 g/mol. The van der Waals surface area contributed by atoms with Gasteiger partial charge in [0.15, 0.2) is 15.1 Å². The summed E-state index contributed by atoms with van der Waals surface area (Å²) in [6.45, 7) is 10.1. The third-order valence-electron chi connectivity index (χ3n) is 6.64. The molecule has 2 unspecified atom stereocenters. The van der Waals surface area contributed by atoms with Gasteiger partial charge in [-0.1, -0.05) is 112 Å². The highest BCUT2D eigenvalue weighted by molar-refractivity contribution is 6.48. The number of nitrogens with zero attached hydrogens (tertiary/aromatic N) is 3. The summed E-state index contributed by atoms with van der Waals surface area (Å²) in [5.74, 6) is -0.968. The molecule has 0 saturated carbocycles. The number of aromatic nitrogens is 3. The van der Waals surface area contributed by atoms with Gasteiger partial charge in [0.2, 0.25) is 0 Å². The Morgan fingerprint density at radius 2 is 1.27 bits per heavy atom. The summed E-state index contributed by atoms with van der Waals surface area (Å²) in [5, 5.41) is 15.2. The van der Waals surface area contributed by atoms with Crippen LogP contribution < -0.4 is 0 Å². The van der Waals surface area contributed by atoms with Crippen LogP contribution in [0.3, 0.4) is 0 Å². The van der Waals surface area contributed by atoms with Gasteiger partial charge < -0.3 is 9.53 Å². The van der Waals surface area contributed by atoms with E-state index in [4.69, 9.17) is 14.5 Å². The van der Waals surface area contributed by atoms with Crippen molar-refractivity contribution < 1.29 is 14.3 Å². The lowest BCUT2D eigenvalue weighted by Crippen LogP contribution is -2.46. The smallest absolute Gasteiger partial charge is 0.332 e. The van der Waals surface area contributed by atoms with E-state index in [1.807, 2.05) is 93.1 Å². The summed E-state index contributed by atoms with van der Waals surface area (Å²) in [5.41, 5.74) is 1.62. The normalized spacial score (nSPS) is 13.9. The first-order chi connectivity index (χ1) is 17.7. The Morgan fingerprint density at radius 3 is 1.62 bits per heavy atom. The lowest BCUT2D eigenvalue weighted by molar-refractivity contribution is -0.148. The largest absolute Gasteiger partial charge is 0.479 e. The van der Waals surface area contributed by atoms with Gasteiger partial charge >= 0.3 is 5.97 Å². The van der Waals surface area contributed by atoms with E-state index in [1.165, 1.54) is 6.33 Å².